The van der Waals surface area contributed by atoms with Crippen LogP contribution in [0.5, 0.6) is 0 Å². The Hall–Kier alpha value is -2.09. The van der Waals surface area contributed by atoms with Crippen molar-refractivity contribution in [2.75, 3.05) is 13.1 Å². The summed E-state index contributed by atoms with van der Waals surface area (Å²) in [6, 6.07) is 6.45. The largest absolute Gasteiger partial charge is 0.392 e. The molecule has 0 spiro atoms. The Morgan fingerprint density at radius 1 is 1.20 bits per heavy atom. The van der Waals surface area contributed by atoms with Gasteiger partial charge in [-0.25, -0.2) is 9.37 Å². The quantitative estimate of drug-likeness (QED) is 0.517. The molecular formula is C23H30FN3O2S. The first-order chi connectivity index (χ1) is 14.3. The van der Waals surface area contributed by atoms with Gasteiger partial charge in [-0.2, -0.15) is 0 Å². The molecule has 7 heteroatoms. The van der Waals surface area contributed by atoms with Gasteiger partial charge in [0.25, 0.3) is 5.56 Å². The van der Waals surface area contributed by atoms with Gasteiger partial charge >= 0.3 is 0 Å². The maximum atomic E-state index is 14.2. The van der Waals surface area contributed by atoms with Crippen LogP contribution >= 0.6 is 11.3 Å². The van der Waals surface area contributed by atoms with Crippen LogP contribution in [0.2, 0.25) is 0 Å². The van der Waals surface area contributed by atoms with E-state index >= 15 is 0 Å². The molecule has 5 nitrogen and oxygen atoms in total. The highest BCUT2D eigenvalue weighted by Crippen LogP contribution is 2.32. The molecule has 0 radical (unpaired) electrons. The van der Waals surface area contributed by atoms with Gasteiger partial charge in [0, 0.05) is 23.1 Å². The van der Waals surface area contributed by atoms with E-state index in [0.29, 0.717) is 46.2 Å². The number of nitrogens with zero attached hydrogens (tertiary/aromatic N) is 2. The van der Waals surface area contributed by atoms with Crippen molar-refractivity contribution in [2.24, 2.45) is 11.8 Å². The smallest absolute Gasteiger partial charge is 0.260 e. The van der Waals surface area contributed by atoms with Gasteiger partial charge in [0.05, 0.1) is 18.0 Å². The lowest BCUT2D eigenvalue weighted by molar-refractivity contribution is 0.0701. The highest BCUT2D eigenvalue weighted by atomic mass is 32.1. The van der Waals surface area contributed by atoms with Crippen LogP contribution in [0.3, 0.4) is 0 Å². The number of aliphatic hydroxyl groups excluding tert-OH is 1. The van der Waals surface area contributed by atoms with Gasteiger partial charge in [0.2, 0.25) is 0 Å². The van der Waals surface area contributed by atoms with E-state index in [0.717, 1.165) is 13.0 Å². The van der Waals surface area contributed by atoms with E-state index in [4.69, 9.17) is 0 Å². The molecule has 2 heterocycles. The van der Waals surface area contributed by atoms with Gasteiger partial charge in [0.1, 0.15) is 16.5 Å². The molecule has 0 aliphatic carbocycles. The molecule has 0 fully saturated rings. The standard InChI is InChI=1S/C23H30FN3O2S/c1-14(2)9-10-27(11-19(28)15(3)4)12-20-25-22(29)21-17(13-30-23(21)26-20)16-7-5-6-8-18(16)24/h5-8,13-15,19,28H,9-12H2,1-4H3,(H,25,26,29). The van der Waals surface area contributed by atoms with E-state index < -0.39 is 6.10 Å². The highest BCUT2D eigenvalue weighted by molar-refractivity contribution is 7.17. The zero-order valence-electron chi connectivity index (χ0n) is 18.0. The average molecular weight is 432 g/mol. The molecule has 0 saturated heterocycles. The summed E-state index contributed by atoms with van der Waals surface area (Å²) in [6.07, 6.45) is 0.551. The number of halogens is 1. The highest BCUT2D eigenvalue weighted by Gasteiger charge is 2.19. The molecule has 0 bridgehead atoms. The number of thiophene rings is 1. The fraction of sp³-hybridized carbons (Fsp3) is 0.478. The average Bonchev–Trinajstić information content (AvgIpc) is 3.10. The summed E-state index contributed by atoms with van der Waals surface area (Å²) in [7, 11) is 0. The normalized spacial score (nSPS) is 13.1. The van der Waals surface area contributed by atoms with Crippen LogP contribution in [0.4, 0.5) is 4.39 Å². The molecule has 0 aliphatic heterocycles. The SMILES string of the molecule is CC(C)CCN(Cc1nc2scc(-c3ccccc3F)c2c(=O)[nH]1)CC(O)C(C)C. The zero-order valence-corrected chi connectivity index (χ0v) is 18.8. The molecule has 1 atom stereocenters. The van der Waals surface area contributed by atoms with E-state index in [-0.39, 0.29) is 17.3 Å². The third-order valence-electron chi connectivity index (χ3n) is 5.27. The van der Waals surface area contributed by atoms with Gasteiger partial charge in [0.15, 0.2) is 0 Å². The van der Waals surface area contributed by atoms with Crippen molar-refractivity contribution in [3.63, 3.8) is 0 Å². The molecule has 3 rings (SSSR count). The monoisotopic (exact) mass is 431 g/mol. The number of aromatic nitrogens is 2. The van der Waals surface area contributed by atoms with Crippen molar-refractivity contribution in [2.45, 2.75) is 46.8 Å². The number of hydrogen-bond acceptors (Lipinski definition) is 5. The second-order valence-corrected chi connectivity index (χ2v) is 9.41. The molecule has 0 amide bonds. The molecular weight excluding hydrogens is 401 g/mol. The van der Waals surface area contributed by atoms with Crippen LogP contribution in [0.25, 0.3) is 21.3 Å². The van der Waals surface area contributed by atoms with E-state index in [1.807, 2.05) is 13.8 Å². The van der Waals surface area contributed by atoms with Crippen LogP contribution in [0, 0.1) is 17.7 Å². The van der Waals surface area contributed by atoms with E-state index in [1.54, 1.807) is 23.6 Å². The summed E-state index contributed by atoms with van der Waals surface area (Å²) < 4.78 is 14.2. The zero-order chi connectivity index (χ0) is 21.8. The number of fused-ring (bicyclic) bond motifs is 1. The predicted octanol–water partition coefficient (Wildman–Crippen LogP) is 4.66. The Morgan fingerprint density at radius 3 is 2.60 bits per heavy atom. The second kappa shape index (κ2) is 9.81. The van der Waals surface area contributed by atoms with Crippen LogP contribution in [0.1, 0.15) is 39.9 Å². The first-order valence-corrected chi connectivity index (χ1v) is 11.3. The van der Waals surface area contributed by atoms with E-state index in [1.165, 1.54) is 17.4 Å². The minimum Gasteiger partial charge on any atom is -0.392 e. The molecule has 1 aromatic carbocycles. The molecule has 1 unspecified atom stereocenters. The van der Waals surface area contributed by atoms with Gasteiger partial charge in [-0.15, -0.1) is 11.3 Å². The number of hydrogen-bond donors (Lipinski definition) is 2. The third-order valence-corrected chi connectivity index (χ3v) is 6.14. The maximum absolute atomic E-state index is 14.2. The fourth-order valence-electron chi connectivity index (χ4n) is 3.31. The summed E-state index contributed by atoms with van der Waals surface area (Å²) in [5.74, 6) is 0.901. The van der Waals surface area contributed by atoms with Crippen LogP contribution < -0.4 is 5.56 Å². The molecule has 162 valence electrons. The van der Waals surface area contributed by atoms with Gasteiger partial charge < -0.3 is 10.1 Å². The van der Waals surface area contributed by atoms with Crippen molar-refractivity contribution >= 4 is 21.6 Å². The molecule has 0 saturated carbocycles. The topological polar surface area (TPSA) is 69.2 Å². The minimum absolute atomic E-state index is 0.154. The van der Waals surface area contributed by atoms with Crippen LogP contribution in [-0.4, -0.2) is 39.2 Å². The maximum Gasteiger partial charge on any atom is 0.260 e. The lowest BCUT2D eigenvalue weighted by Gasteiger charge is -2.27. The number of aliphatic hydroxyl groups is 1. The molecule has 2 N–H and O–H groups in total. The molecule has 0 aliphatic rings. The Kier molecular flexibility index (Phi) is 7.39. The first kappa shape index (κ1) is 22.6. The Balaban J connectivity index is 1.90. The van der Waals surface area contributed by atoms with Crippen molar-refractivity contribution < 1.29 is 9.50 Å². The molecule has 30 heavy (non-hydrogen) atoms. The van der Waals surface area contributed by atoms with Gasteiger partial charge in [-0.3, -0.25) is 9.69 Å². The number of H-pyrrole nitrogens is 1. The van der Waals surface area contributed by atoms with Gasteiger partial charge in [-0.05, 0) is 30.9 Å². The Bertz CT molecular complexity index is 1040. The van der Waals surface area contributed by atoms with Crippen LogP contribution in [-0.2, 0) is 6.54 Å². The van der Waals surface area contributed by atoms with E-state index in [2.05, 4.69) is 28.7 Å². The Labute approximate surface area is 180 Å². The number of aromatic amines is 1. The predicted molar refractivity (Wildman–Crippen MR) is 121 cm³/mol. The van der Waals surface area contributed by atoms with Crippen LogP contribution in [0.15, 0.2) is 34.4 Å². The van der Waals surface area contributed by atoms with Crippen molar-refractivity contribution in [3.05, 3.63) is 51.6 Å². The lowest BCUT2D eigenvalue weighted by Crippen LogP contribution is -2.36. The third kappa shape index (κ3) is 5.33. The number of rotatable bonds is 9. The number of benzene rings is 1. The summed E-state index contributed by atoms with van der Waals surface area (Å²) >= 11 is 1.34. The van der Waals surface area contributed by atoms with Crippen molar-refractivity contribution in [3.8, 4) is 11.1 Å². The second-order valence-electron chi connectivity index (χ2n) is 8.55. The van der Waals surface area contributed by atoms with Crippen molar-refractivity contribution in [1.29, 1.82) is 0 Å². The van der Waals surface area contributed by atoms with Gasteiger partial charge in [-0.1, -0.05) is 45.9 Å². The van der Waals surface area contributed by atoms with Crippen molar-refractivity contribution in [1.82, 2.24) is 14.9 Å². The summed E-state index contributed by atoms with van der Waals surface area (Å²) in [6.45, 7) is 10.1. The molecule has 3 aromatic rings. The first-order valence-electron chi connectivity index (χ1n) is 10.4. The fourth-order valence-corrected chi connectivity index (χ4v) is 4.27. The summed E-state index contributed by atoms with van der Waals surface area (Å²) in [5, 5.41) is 12.6. The number of nitrogens with one attached hydrogen (secondary N) is 1. The summed E-state index contributed by atoms with van der Waals surface area (Å²) in [4.78, 5) is 23.1. The summed E-state index contributed by atoms with van der Waals surface area (Å²) in [5.41, 5.74) is 0.713. The lowest BCUT2D eigenvalue weighted by atomic mass is 10.1. The van der Waals surface area contributed by atoms with E-state index in [9.17, 15) is 14.3 Å². The molecule has 2 aromatic heterocycles. The Morgan fingerprint density at radius 2 is 1.93 bits per heavy atom. The minimum atomic E-state index is -0.443.